The normalized spacial score (nSPS) is 10.2. The van der Waals surface area contributed by atoms with E-state index in [4.69, 9.17) is 4.74 Å². The van der Waals surface area contributed by atoms with Crippen LogP contribution in [0.3, 0.4) is 0 Å². The number of aryl methyl sites for hydroxylation is 1. The van der Waals surface area contributed by atoms with Gasteiger partial charge in [-0.05, 0) is 36.2 Å². The van der Waals surface area contributed by atoms with Crippen molar-refractivity contribution in [3.05, 3.63) is 54.2 Å². The second kappa shape index (κ2) is 7.41. The summed E-state index contributed by atoms with van der Waals surface area (Å²) in [5.41, 5.74) is 1.36. The van der Waals surface area contributed by atoms with E-state index in [1.807, 2.05) is 30.3 Å². The number of benzene rings is 1. The van der Waals surface area contributed by atoms with Gasteiger partial charge in [0.2, 0.25) is 0 Å². The van der Waals surface area contributed by atoms with Crippen LogP contribution in [-0.2, 0) is 6.42 Å². The first-order chi connectivity index (χ1) is 9.38. The molecule has 2 rings (SSSR count). The average molecular weight is 256 g/mol. The number of hydrogen-bond donors (Lipinski definition) is 1. The predicted octanol–water partition coefficient (Wildman–Crippen LogP) is 3.53. The molecule has 1 N–H and O–H groups in total. The van der Waals surface area contributed by atoms with E-state index in [0.29, 0.717) is 6.61 Å². The Morgan fingerprint density at radius 1 is 1.11 bits per heavy atom. The number of rotatable bonds is 7. The molecule has 0 atom stereocenters. The highest BCUT2D eigenvalue weighted by molar-refractivity contribution is 5.33. The lowest BCUT2D eigenvalue weighted by molar-refractivity contribution is 0.332. The number of nitrogens with zero attached hydrogens (tertiary/aromatic N) is 1. The second-order valence-corrected chi connectivity index (χ2v) is 4.38. The number of hydrogen-bond acceptors (Lipinski definition) is 3. The molecule has 0 aliphatic heterocycles. The zero-order valence-electron chi connectivity index (χ0n) is 11.3. The molecule has 3 heteroatoms. The fraction of sp³-hybridized carbons (Fsp3) is 0.312. The van der Waals surface area contributed by atoms with Crippen LogP contribution >= 0.6 is 0 Å². The Morgan fingerprint density at radius 2 is 1.95 bits per heavy atom. The maximum absolute atomic E-state index is 5.67. The van der Waals surface area contributed by atoms with Gasteiger partial charge in [0.05, 0.1) is 6.54 Å². The van der Waals surface area contributed by atoms with E-state index < -0.39 is 0 Å². The summed E-state index contributed by atoms with van der Waals surface area (Å²) >= 11 is 0. The number of nitrogens with one attached hydrogen (secondary N) is 1. The van der Waals surface area contributed by atoms with E-state index in [0.717, 1.165) is 24.5 Å². The zero-order valence-corrected chi connectivity index (χ0v) is 11.3. The summed E-state index contributed by atoms with van der Waals surface area (Å²) in [6.07, 6.45) is 4.07. The molecule has 1 aromatic heterocycles. The lowest BCUT2D eigenvalue weighted by atomic mass is 10.1. The molecule has 0 saturated carbocycles. The topological polar surface area (TPSA) is 34.1 Å². The molecule has 2 aromatic rings. The molecule has 0 fully saturated rings. The van der Waals surface area contributed by atoms with E-state index >= 15 is 0 Å². The van der Waals surface area contributed by atoms with Crippen molar-refractivity contribution in [2.75, 3.05) is 18.5 Å². The van der Waals surface area contributed by atoms with Gasteiger partial charge < -0.3 is 10.1 Å². The van der Waals surface area contributed by atoms with Crippen molar-refractivity contribution < 1.29 is 4.74 Å². The standard InChI is InChI=1S/C16H20N2O/c1-2-5-14-7-9-15(10-8-14)19-13-12-18-16-6-3-4-11-17-16/h3-4,6-11H,2,5,12-13H2,1H3,(H,17,18). The van der Waals surface area contributed by atoms with E-state index in [1.165, 1.54) is 12.0 Å². The predicted molar refractivity (Wildman–Crippen MR) is 78.7 cm³/mol. The maximum atomic E-state index is 5.67. The molecule has 0 aliphatic rings. The average Bonchev–Trinajstić information content (AvgIpc) is 2.47. The third kappa shape index (κ3) is 4.62. The summed E-state index contributed by atoms with van der Waals surface area (Å²) < 4.78 is 5.67. The third-order valence-corrected chi connectivity index (χ3v) is 2.80. The van der Waals surface area contributed by atoms with Gasteiger partial charge in [0.1, 0.15) is 18.2 Å². The second-order valence-electron chi connectivity index (χ2n) is 4.38. The first-order valence-electron chi connectivity index (χ1n) is 6.75. The van der Waals surface area contributed by atoms with Crippen molar-refractivity contribution in [2.24, 2.45) is 0 Å². The minimum absolute atomic E-state index is 0.629. The van der Waals surface area contributed by atoms with Gasteiger partial charge in [-0.1, -0.05) is 31.5 Å². The summed E-state index contributed by atoms with van der Waals surface area (Å²) in [5.74, 6) is 1.80. The van der Waals surface area contributed by atoms with Crippen molar-refractivity contribution in [2.45, 2.75) is 19.8 Å². The molecule has 0 unspecified atom stereocenters. The Morgan fingerprint density at radius 3 is 2.63 bits per heavy atom. The minimum Gasteiger partial charge on any atom is -0.492 e. The summed E-state index contributed by atoms with van der Waals surface area (Å²) in [5, 5.41) is 3.21. The SMILES string of the molecule is CCCc1ccc(OCCNc2ccccn2)cc1. The lowest BCUT2D eigenvalue weighted by Crippen LogP contribution is -2.12. The van der Waals surface area contributed by atoms with Crippen LogP contribution in [0.5, 0.6) is 5.75 Å². The van der Waals surface area contributed by atoms with Gasteiger partial charge in [-0.2, -0.15) is 0 Å². The largest absolute Gasteiger partial charge is 0.492 e. The van der Waals surface area contributed by atoms with E-state index in [2.05, 4.69) is 29.4 Å². The van der Waals surface area contributed by atoms with Gasteiger partial charge >= 0.3 is 0 Å². The van der Waals surface area contributed by atoms with Gasteiger partial charge in [-0.15, -0.1) is 0 Å². The summed E-state index contributed by atoms with van der Waals surface area (Å²) in [6, 6.07) is 14.1. The monoisotopic (exact) mass is 256 g/mol. The van der Waals surface area contributed by atoms with E-state index in [1.54, 1.807) is 6.20 Å². The van der Waals surface area contributed by atoms with Crippen LogP contribution in [0.25, 0.3) is 0 Å². The fourth-order valence-electron chi connectivity index (χ4n) is 1.86. The molecule has 0 saturated heterocycles. The van der Waals surface area contributed by atoms with Crippen LogP contribution in [0.2, 0.25) is 0 Å². The molecular weight excluding hydrogens is 236 g/mol. The molecule has 1 heterocycles. The molecule has 19 heavy (non-hydrogen) atoms. The van der Waals surface area contributed by atoms with Crippen LogP contribution in [-0.4, -0.2) is 18.1 Å². The molecule has 0 aliphatic carbocycles. The van der Waals surface area contributed by atoms with Gasteiger partial charge in [0.25, 0.3) is 0 Å². The summed E-state index contributed by atoms with van der Waals surface area (Å²) in [7, 11) is 0. The number of anilines is 1. The first kappa shape index (κ1) is 13.4. The highest BCUT2D eigenvalue weighted by atomic mass is 16.5. The number of pyridine rings is 1. The van der Waals surface area contributed by atoms with E-state index in [9.17, 15) is 0 Å². The van der Waals surface area contributed by atoms with Gasteiger partial charge in [0, 0.05) is 6.20 Å². The number of aromatic nitrogens is 1. The Labute approximate surface area is 114 Å². The van der Waals surface area contributed by atoms with Crippen molar-refractivity contribution in [3.8, 4) is 5.75 Å². The van der Waals surface area contributed by atoms with Gasteiger partial charge in [0.15, 0.2) is 0 Å². The van der Waals surface area contributed by atoms with Crippen molar-refractivity contribution in [3.63, 3.8) is 0 Å². The Balaban J connectivity index is 1.70. The van der Waals surface area contributed by atoms with Crippen molar-refractivity contribution >= 4 is 5.82 Å². The van der Waals surface area contributed by atoms with Crippen LogP contribution in [0.1, 0.15) is 18.9 Å². The van der Waals surface area contributed by atoms with Crippen LogP contribution < -0.4 is 10.1 Å². The van der Waals surface area contributed by atoms with Crippen LogP contribution in [0.4, 0.5) is 5.82 Å². The highest BCUT2D eigenvalue weighted by Crippen LogP contribution is 2.13. The van der Waals surface area contributed by atoms with Crippen LogP contribution in [0, 0.1) is 0 Å². The Kier molecular flexibility index (Phi) is 5.23. The van der Waals surface area contributed by atoms with Gasteiger partial charge in [-0.3, -0.25) is 0 Å². The summed E-state index contributed by atoms with van der Waals surface area (Å²) in [6.45, 7) is 3.56. The molecule has 0 bridgehead atoms. The third-order valence-electron chi connectivity index (χ3n) is 2.80. The lowest BCUT2D eigenvalue weighted by Gasteiger charge is -2.08. The van der Waals surface area contributed by atoms with E-state index in [-0.39, 0.29) is 0 Å². The zero-order chi connectivity index (χ0) is 13.3. The molecule has 3 nitrogen and oxygen atoms in total. The molecule has 0 amide bonds. The Hall–Kier alpha value is -2.03. The molecule has 100 valence electrons. The van der Waals surface area contributed by atoms with Crippen molar-refractivity contribution in [1.82, 2.24) is 4.98 Å². The molecule has 0 spiro atoms. The highest BCUT2D eigenvalue weighted by Gasteiger charge is 1.96. The van der Waals surface area contributed by atoms with Gasteiger partial charge in [-0.25, -0.2) is 4.98 Å². The first-order valence-corrected chi connectivity index (χ1v) is 6.75. The van der Waals surface area contributed by atoms with Crippen LogP contribution in [0.15, 0.2) is 48.7 Å². The Bertz CT molecular complexity index is 468. The smallest absolute Gasteiger partial charge is 0.125 e. The molecular formula is C16H20N2O. The maximum Gasteiger partial charge on any atom is 0.125 e. The fourth-order valence-corrected chi connectivity index (χ4v) is 1.86. The van der Waals surface area contributed by atoms with Crippen molar-refractivity contribution in [1.29, 1.82) is 0 Å². The minimum atomic E-state index is 0.629. The summed E-state index contributed by atoms with van der Waals surface area (Å²) in [4.78, 5) is 4.19. The quantitative estimate of drug-likeness (QED) is 0.770. The molecule has 0 radical (unpaired) electrons. The number of ether oxygens (including phenoxy) is 1. The molecule has 1 aromatic carbocycles.